The Morgan fingerprint density at radius 3 is 2.50 bits per heavy atom. The number of nitrogens with one attached hydrogen (secondary N) is 1. The van der Waals surface area contributed by atoms with E-state index in [0.717, 1.165) is 12.5 Å². The summed E-state index contributed by atoms with van der Waals surface area (Å²) in [5, 5.41) is 4.83. The summed E-state index contributed by atoms with van der Waals surface area (Å²) >= 11 is 1.83. The van der Waals surface area contributed by atoms with Crippen LogP contribution in [0.15, 0.2) is 6.20 Å². The first-order chi connectivity index (χ1) is 8.32. The second-order valence-electron chi connectivity index (χ2n) is 6.41. The normalized spacial score (nSPS) is 15.7. The van der Waals surface area contributed by atoms with Gasteiger partial charge in [-0.15, -0.1) is 11.3 Å². The van der Waals surface area contributed by atoms with Crippen LogP contribution in [0, 0.1) is 5.92 Å². The maximum atomic E-state index is 4.52. The minimum Gasteiger partial charge on any atom is -0.309 e. The number of aromatic nitrogens is 1. The molecule has 0 fully saturated rings. The maximum absolute atomic E-state index is 4.52. The second kappa shape index (κ2) is 6.67. The van der Waals surface area contributed by atoms with E-state index in [0.29, 0.717) is 6.04 Å². The fourth-order valence-electron chi connectivity index (χ4n) is 1.86. The molecule has 0 saturated carbocycles. The summed E-state index contributed by atoms with van der Waals surface area (Å²) in [7, 11) is 0. The van der Waals surface area contributed by atoms with E-state index < -0.39 is 0 Å². The molecule has 0 aliphatic carbocycles. The van der Waals surface area contributed by atoms with Gasteiger partial charge in [0.1, 0.15) is 0 Å². The van der Waals surface area contributed by atoms with Gasteiger partial charge in [-0.05, 0) is 19.3 Å². The molecule has 18 heavy (non-hydrogen) atoms. The predicted molar refractivity (Wildman–Crippen MR) is 81.2 cm³/mol. The van der Waals surface area contributed by atoms with Gasteiger partial charge in [0.2, 0.25) is 0 Å². The molecule has 0 bridgehead atoms. The van der Waals surface area contributed by atoms with Crippen molar-refractivity contribution >= 4 is 11.3 Å². The van der Waals surface area contributed by atoms with Gasteiger partial charge >= 0.3 is 0 Å². The Balaban J connectivity index is 2.42. The molecule has 1 rings (SSSR count). The highest BCUT2D eigenvalue weighted by atomic mass is 32.1. The van der Waals surface area contributed by atoms with Crippen molar-refractivity contribution in [1.82, 2.24) is 10.3 Å². The predicted octanol–water partition coefficient (Wildman–Crippen LogP) is 4.35. The van der Waals surface area contributed by atoms with Gasteiger partial charge in [0.25, 0.3) is 0 Å². The molecule has 0 aromatic carbocycles. The first-order valence-electron chi connectivity index (χ1n) is 7.01. The SMILES string of the molecule is CCC(C)CC(C)NCc1cnc(C(C)(C)C)s1. The van der Waals surface area contributed by atoms with E-state index in [9.17, 15) is 0 Å². The first kappa shape index (κ1) is 15.6. The van der Waals surface area contributed by atoms with Crippen molar-refractivity contribution in [3.8, 4) is 0 Å². The van der Waals surface area contributed by atoms with E-state index in [4.69, 9.17) is 0 Å². The highest BCUT2D eigenvalue weighted by molar-refractivity contribution is 7.11. The Labute approximate surface area is 116 Å². The van der Waals surface area contributed by atoms with E-state index in [2.05, 4.69) is 51.8 Å². The summed E-state index contributed by atoms with van der Waals surface area (Å²) in [6.45, 7) is 14.5. The van der Waals surface area contributed by atoms with Crippen LogP contribution in [0.4, 0.5) is 0 Å². The zero-order valence-electron chi connectivity index (χ0n) is 12.7. The molecule has 1 N–H and O–H groups in total. The summed E-state index contributed by atoms with van der Waals surface area (Å²) < 4.78 is 0. The standard InChI is InChI=1S/C15H28N2S/c1-7-11(2)8-12(3)16-9-13-10-17-14(18-13)15(4,5)6/h10-12,16H,7-9H2,1-6H3. The Morgan fingerprint density at radius 1 is 1.33 bits per heavy atom. The number of hydrogen-bond donors (Lipinski definition) is 1. The Kier molecular flexibility index (Phi) is 5.80. The van der Waals surface area contributed by atoms with E-state index in [-0.39, 0.29) is 5.41 Å². The highest BCUT2D eigenvalue weighted by Gasteiger charge is 2.18. The molecule has 1 aromatic rings. The molecule has 0 saturated heterocycles. The van der Waals surface area contributed by atoms with Gasteiger partial charge in [0.15, 0.2) is 0 Å². The van der Waals surface area contributed by atoms with Crippen LogP contribution >= 0.6 is 11.3 Å². The largest absolute Gasteiger partial charge is 0.309 e. The van der Waals surface area contributed by atoms with Crippen LogP contribution in [0.3, 0.4) is 0 Å². The third-order valence-electron chi connectivity index (χ3n) is 3.27. The number of hydrogen-bond acceptors (Lipinski definition) is 3. The zero-order chi connectivity index (χ0) is 13.8. The van der Waals surface area contributed by atoms with Crippen LogP contribution < -0.4 is 5.32 Å². The van der Waals surface area contributed by atoms with Crippen LogP contribution in [-0.4, -0.2) is 11.0 Å². The average molecular weight is 268 g/mol. The molecule has 0 aliphatic rings. The number of rotatable bonds is 6. The highest BCUT2D eigenvalue weighted by Crippen LogP contribution is 2.26. The molecular formula is C15H28N2S. The lowest BCUT2D eigenvalue weighted by molar-refractivity contribution is 0.413. The van der Waals surface area contributed by atoms with Crippen molar-refractivity contribution in [2.75, 3.05) is 0 Å². The van der Waals surface area contributed by atoms with Crippen LogP contribution in [0.5, 0.6) is 0 Å². The Hall–Kier alpha value is -0.410. The van der Waals surface area contributed by atoms with Crippen LogP contribution in [0.1, 0.15) is 64.3 Å². The van der Waals surface area contributed by atoms with E-state index >= 15 is 0 Å². The molecule has 104 valence electrons. The Bertz CT molecular complexity index is 352. The molecular weight excluding hydrogens is 240 g/mol. The quantitative estimate of drug-likeness (QED) is 0.829. The van der Waals surface area contributed by atoms with Gasteiger partial charge < -0.3 is 5.32 Å². The molecule has 3 heteroatoms. The minimum absolute atomic E-state index is 0.172. The molecule has 0 spiro atoms. The lowest BCUT2D eigenvalue weighted by Crippen LogP contribution is -2.26. The van der Waals surface area contributed by atoms with E-state index in [1.54, 1.807) is 0 Å². The van der Waals surface area contributed by atoms with Crippen molar-refractivity contribution < 1.29 is 0 Å². The molecule has 1 heterocycles. The third kappa shape index (κ3) is 5.07. The molecule has 0 radical (unpaired) electrons. The van der Waals surface area contributed by atoms with Gasteiger partial charge in [-0.2, -0.15) is 0 Å². The van der Waals surface area contributed by atoms with Crippen molar-refractivity contribution in [2.24, 2.45) is 5.92 Å². The lowest BCUT2D eigenvalue weighted by atomic mass is 9.98. The monoisotopic (exact) mass is 268 g/mol. The number of nitrogens with zero attached hydrogens (tertiary/aromatic N) is 1. The van der Waals surface area contributed by atoms with Crippen LogP contribution in [0.2, 0.25) is 0 Å². The molecule has 2 atom stereocenters. The molecule has 2 unspecified atom stereocenters. The minimum atomic E-state index is 0.172. The van der Waals surface area contributed by atoms with Gasteiger partial charge in [0, 0.05) is 29.1 Å². The fraction of sp³-hybridized carbons (Fsp3) is 0.800. The Morgan fingerprint density at radius 2 is 2.00 bits per heavy atom. The third-order valence-corrected chi connectivity index (χ3v) is 4.70. The van der Waals surface area contributed by atoms with Gasteiger partial charge in [0.05, 0.1) is 5.01 Å². The summed E-state index contributed by atoms with van der Waals surface area (Å²) in [5.41, 5.74) is 0.172. The summed E-state index contributed by atoms with van der Waals surface area (Å²) in [6.07, 6.45) is 4.54. The smallest absolute Gasteiger partial charge is 0.0981 e. The second-order valence-corrected chi connectivity index (χ2v) is 7.53. The topological polar surface area (TPSA) is 24.9 Å². The van der Waals surface area contributed by atoms with Crippen molar-refractivity contribution in [3.05, 3.63) is 16.1 Å². The van der Waals surface area contributed by atoms with Gasteiger partial charge in [-0.25, -0.2) is 4.98 Å². The van der Waals surface area contributed by atoms with Crippen molar-refractivity contribution in [3.63, 3.8) is 0 Å². The molecule has 0 amide bonds. The van der Waals surface area contributed by atoms with Crippen molar-refractivity contribution in [1.29, 1.82) is 0 Å². The summed E-state index contributed by atoms with van der Waals surface area (Å²) in [6, 6.07) is 0.583. The molecule has 1 aromatic heterocycles. The maximum Gasteiger partial charge on any atom is 0.0981 e. The molecule has 2 nitrogen and oxygen atoms in total. The van der Waals surface area contributed by atoms with E-state index in [1.807, 2.05) is 17.5 Å². The van der Waals surface area contributed by atoms with Gasteiger partial charge in [-0.1, -0.05) is 41.0 Å². The first-order valence-corrected chi connectivity index (χ1v) is 7.83. The average Bonchev–Trinajstić information content (AvgIpc) is 2.74. The van der Waals surface area contributed by atoms with Gasteiger partial charge in [-0.3, -0.25) is 0 Å². The number of thiazole rings is 1. The van der Waals surface area contributed by atoms with E-state index in [1.165, 1.54) is 22.7 Å². The van der Waals surface area contributed by atoms with Crippen LogP contribution in [-0.2, 0) is 12.0 Å². The molecule has 0 aliphatic heterocycles. The lowest BCUT2D eigenvalue weighted by Gasteiger charge is -2.17. The van der Waals surface area contributed by atoms with Crippen LogP contribution in [0.25, 0.3) is 0 Å². The fourth-order valence-corrected chi connectivity index (χ4v) is 2.79. The summed E-state index contributed by atoms with van der Waals surface area (Å²) in [5.74, 6) is 0.805. The zero-order valence-corrected chi connectivity index (χ0v) is 13.5. The summed E-state index contributed by atoms with van der Waals surface area (Å²) in [4.78, 5) is 5.86. The van der Waals surface area contributed by atoms with Crippen molar-refractivity contribution in [2.45, 2.75) is 72.4 Å².